The first-order valence-corrected chi connectivity index (χ1v) is 5.92. The summed E-state index contributed by atoms with van der Waals surface area (Å²) in [5, 5.41) is 22.1. The molecule has 1 aliphatic rings. The van der Waals surface area contributed by atoms with E-state index in [2.05, 4.69) is 5.32 Å². The van der Waals surface area contributed by atoms with Crippen LogP contribution in [0.4, 0.5) is 5.69 Å². The third-order valence-electron chi connectivity index (χ3n) is 2.99. The lowest BCUT2D eigenvalue weighted by Crippen LogP contribution is -2.32. The Labute approximate surface area is 109 Å². The lowest BCUT2D eigenvalue weighted by molar-refractivity contribution is 0.0696. The Balaban J connectivity index is 2.29. The van der Waals surface area contributed by atoms with Gasteiger partial charge in [-0.1, -0.05) is 11.6 Å². The van der Waals surface area contributed by atoms with E-state index in [4.69, 9.17) is 21.4 Å². The molecule has 1 aromatic carbocycles. The Kier molecular flexibility index (Phi) is 3.75. The first kappa shape index (κ1) is 13.1. The Morgan fingerprint density at radius 3 is 2.78 bits per heavy atom. The van der Waals surface area contributed by atoms with Gasteiger partial charge in [-0.25, -0.2) is 4.79 Å². The quantitative estimate of drug-likeness (QED) is 0.777. The summed E-state index contributed by atoms with van der Waals surface area (Å²) in [6, 6.07) is 2.81. The van der Waals surface area contributed by atoms with E-state index in [-0.39, 0.29) is 18.2 Å². The monoisotopic (exact) mass is 271 g/mol. The summed E-state index contributed by atoms with van der Waals surface area (Å²) >= 11 is 5.89. The van der Waals surface area contributed by atoms with Crippen molar-refractivity contribution in [3.63, 3.8) is 0 Å². The molecule has 5 nitrogen and oxygen atoms in total. The molecule has 1 heterocycles. The van der Waals surface area contributed by atoms with Crippen molar-refractivity contribution in [1.29, 1.82) is 0 Å². The molecular formula is C12H14ClNO4. The van der Waals surface area contributed by atoms with Crippen LogP contribution in [0.1, 0.15) is 15.9 Å². The second-order valence-electron chi connectivity index (χ2n) is 4.29. The van der Waals surface area contributed by atoms with Gasteiger partial charge in [-0.05, 0) is 24.6 Å². The highest BCUT2D eigenvalue weighted by molar-refractivity contribution is 6.31. The number of ether oxygens (including phenoxy) is 1. The molecule has 0 aromatic heterocycles. The van der Waals surface area contributed by atoms with E-state index in [0.717, 1.165) is 0 Å². The maximum absolute atomic E-state index is 11.1. The van der Waals surface area contributed by atoms with Crippen LogP contribution in [0.5, 0.6) is 0 Å². The van der Waals surface area contributed by atoms with E-state index >= 15 is 0 Å². The van der Waals surface area contributed by atoms with Crippen molar-refractivity contribution in [2.75, 3.05) is 18.5 Å². The van der Waals surface area contributed by atoms with Crippen LogP contribution in [-0.2, 0) is 4.74 Å². The molecule has 1 aromatic rings. The fraction of sp³-hybridized carbons (Fsp3) is 0.417. The maximum Gasteiger partial charge on any atom is 0.336 e. The molecule has 2 unspecified atom stereocenters. The molecule has 1 aliphatic heterocycles. The zero-order chi connectivity index (χ0) is 13.3. The summed E-state index contributed by atoms with van der Waals surface area (Å²) in [7, 11) is 0. The van der Waals surface area contributed by atoms with Crippen LogP contribution in [0.3, 0.4) is 0 Å². The third-order valence-corrected chi connectivity index (χ3v) is 3.21. The largest absolute Gasteiger partial charge is 0.478 e. The van der Waals surface area contributed by atoms with Gasteiger partial charge in [-0.2, -0.15) is 0 Å². The van der Waals surface area contributed by atoms with Gasteiger partial charge in [0.15, 0.2) is 0 Å². The number of aromatic carboxylic acids is 1. The number of anilines is 1. The van der Waals surface area contributed by atoms with Crippen molar-refractivity contribution in [2.24, 2.45) is 0 Å². The van der Waals surface area contributed by atoms with Gasteiger partial charge in [-0.15, -0.1) is 0 Å². The van der Waals surface area contributed by atoms with E-state index in [1.165, 1.54) is 6.07 Å². The van der Waals surface area contributed by atoms with Crippen LogP contribution in [0, 0.1) is 6.92 Å². The number of carboxylic acid groups (broad SMARTS) is 1. The highest BCUT2D eigenvalue weighted by Gasteiger charge is 2.27. The van der Waals surface area contributed by atoms with E-state index in [9.17, 15) is 9.90 Å². The number of nitrogens with one attached hydrogen (secondary N) is 1. The number of benzene rings is 1. The number of halogens is 1. The van der Waals surface area contributed by atoms with E-state index in [1.807, 2.05) is 0 Å². The predicted molar refractivity (Wildman–Crippen MR) is 67.4 cm³/mol. The zero-order valence-corrected chi connectivity index (χ0v) is 10.6. The number of aliphatic hydroxyl groups is 1. The lowest BCUT2D eigenvalue weighted by Gasteiger charge is -2.19. The summed E-state index contributed by atoms with van der Waals surface area (Å²) in [4.78, 5) is 11.1. The molecule has 18 heavy (non-hydrogen) atoms. The Morgan fingerprint density at radius 2 is 2.22 bits per heavy atom. The Bertz CT molecular complexity index is 477. The van der Waals surface area contributed by atoms with Crippen molar-refractivity contribution >= 4 is 23.3 Å². The fourth-order valence-electron chi connectivity index (χ4n) is 1.93. The minimum Gasteiger partial charge on any atom is -0.478 e. The number of hydrogen-bond donors (Lipinski definition) is 3. The van der Waals surface area contributed by atoms with Gasteiger partial charge < -0.3 is 20.3 Å². The molecule has 6 heteroatoms. The van der Waals surface area contributed by atoms with Gasteiger partial charge in [0.1, 0.15) is 0 Å². The van der Waals surface area contributed by atoms with Crippen molar-refractivity contribution < 1.29 is 19.7 Å². The van der Waals surface area contributed by atoms with Gasteiger partial charge in [0.25, 0.3) is 0 Å². The molecule has 0 amide bonds. The summed E-state index contributed by atoms with van der Waals surface area (Å²) in [5.41, 5.74) is 1.35. The normalized spacial score (nSPS) is 23.1. The van der Waals surface area contributed by atoms with Crippen LogP contribution in [-0.4, -0.2) is 41.5 Å². The number of carboxylic acids is 1. The van der Waals surface area contributed by atoms with Crippen molar-refractivity contribution in [3.05, 3.63) is 28.3 Å². The second-order valence-corrected chi connectivity index (χ2v) is 4.72. The first-order valence-electron chi connectivity index (χ1n) is 5.55. The molecule has 0 spiro atoms. The molecular weight excluding hydrogens is 258 g/mol. The predicted octanol–water partition coefficient (Wildman–Crippen LogP) is 1.52. The van der Waals surface area contributed by atoms with Crippen molar-refractivity contribution in [1.82, 2.24) is 0 Å². The second kappa shape index (κ2) is 5.14. The topological polar surface area (TPSA) is 78.8 Å². The smallest absolute Gasteiger partial charge is 0.336 e. The van der Waals surface area contributed by atoms with Crippen LogP contribution in [0.15, 0.2) is 12.1 Å². The van der Waals surface area contributed by atoms with E-state index in [0.29, 0.717) is 22.9 Å². The van der Waals surface area contributed by atoms with Gasteiger partial charge in [0, 0.05) is 10.7 Å². The molecule has 0 saturated carbocycles. The molecule has 0 radical (unpaired) electrons. The number of hydrogen-bond acceptors (Lipinski definition) is 4. The Morgan fingerprint density at radius 1 is 1.50 bits per heavy atom. The molecule has 2 rings (SSSR count). The van der Waals surface area contributed by atoms with Gasteiger partial charge >= 0.3 is 5.97 Å². The average Bonchev–Trinajstić information content (AvgIpc) is 2.69. The van der Waals surface area contributed by atoms with E-state index < -0.39 is 12.1 Å². The SMILES string of the molecule is Cc1c(NC2COCC2O)cc(Cl)cc1C(=O)O. The number of carbonyl (C=O) groups is 1. The minimum absolute atomic E-state index is 0.151. The molecule has 0 aliphatic carbocycles. The summed E-state index contributed by atoms with van der Waals surface area (Å²) in [6.07, 6.45) is -0.600. The zero-order valence-electron chi connectivity index (χ0n) is 9.81. The minimum atomic E-state index is -1.03. The highest BCUT2D eigenvalue weighted by Crippen LogP contribution is 2.26. The van der Waals surface area contributed by atoms with Crippen LogP contribution in [0.25, 0.3) is 0 Å². The Hall–Kier alpha value is -1.30. The van der Waals surface area contributed by atoms with E-state index in [1.54, 1.807) is 13.0 Å². The van der Waals surface area contributed by atoms with Crippen LogP contribution in [0.2, 0.25) is 5.02 Å². The number of rotatable bonds is 3. The van der Waals surface area contributed by atoms with Gasteiger partial charge in [0.2, 0.25) is 0 Å². The standard InChI is InChI=1S/C12H14ClNO4/c1-6-8(12(16)17)2-7(13)3-9(6)14-10-4-18-5-11(10)15/h2-3,10-11,14-15H,4-5H2,1H3,(H,16,17). The fourth-order valence-corrected chi connectivity index (χ4v) is 2.15. The molecule has 0 bridgehead atoms. The summed E-state index contributed by atoms with van der Waals surface area (Å²) in [5.74, 6) is -1.03. The number of aliphatic hydroxyl groups excluding tert-OH is 1. The summed E-state index contributed by atoms with van der Waals surface area (Å²) in [6.45, 7) is 2.36. The molecule has 1 fully saturated rings. The molecule has 1 saturated heterocycles. The first-order chi connectivity index (χ1) is 8.49. The van der Waals surface area contributed by atoms with Gasteiger partial charge in [0.05, 0.1) is 30.9 Å². The van der Waals surface area contributed by atoms with Crippen LogP contribution >= 0.6 is 11.6 Å². The highest BCUT2D eigenvalue weighted by atomic mass is 35.5. The van der Waals surface area contributed by atoms with Crippen molar-refractivity contribution in [3.8, 4) is 0 Å². The third kappa shape index (κ3) is 2.58. The molecule has 3 N–H and O–H groups in total. The van der Waals surface area contributed by atoms with Crippen molar-refractivity contribution in [2.45, 2.75) is 19.1 Å². The maximum atomic E-state index is 11.1. The van der Waals surface area contributed by atoms with Gasteiger partial charge in [-0.3, -0.25) is 0 Å². The lowest BCUT2D eigenvalue weighted by atomic mass is 10.1. The van der Waals surface area contributed by atoms with Crippen LogP contribution < -0.4 is 5.32 Å². The molecule has 98 valence electrons. The average molecular weight is 272 g/mol. The molecule has 2 atom stereocenters. The summed E-state index contributed by atoms with van der Waals surface area (Å²) < 4.78 is 5.13.